The molecule has 92 valence electrons. The van der Waals surface area contributed by atoms with E-state index in [-0.39, 0.29) is 0 Å². The molecule has 2 aromatic carbocycles. The Morgan fingerprint density at radius 2 is 2.05 bits per heavy atom. The Labute approximate surface area is 119 Å². The normalized spacial score (nSPS) is 10.6. The van der Waals surface area contributed by atoms with Crippen LogP contribution in [0.4, 0.5) is 0 Å². The highest BCUT2D eigenvalue weighted by Crippen LogP contribution is 2.25. The molecule has 0 radical (unpaired) electrons. The number of fused-ring (bicyclic) bond motifs is 1. The molecule has 0 saturated heterocycles. The van der Waals surface area contributed by atoms with Crippen LogP contribution in [0, 0.1) is 18.3 Å². The molecule has 3 rings (SSSR count). The Morgan fingerprint density at radius 1 is 1.21 bits per heavy atom. The number of hydrogen-bond donors (Lipinski definition) is 0. The van der Waals surface area contributed by atoms with E-state index in [1.54, 1.807) is 6.07 Å². The van der Waals surface area contributed by atoms with Gasteiger partial charge in [0.2, 0.25) is 0 Å². The van der Waals surface area contributed by atoms with Gasteiger partial charge in [0.05, 0.1) is 28.5 Å². The molecule has 1 heterocycles. The monoisotopic (exact) mass is 311 g/mol. The maximum Gasteiger partial charge on any atom is 0.0992 e. The summed E-state index contributed by atoms with van der Waals surface area (Å²) in [6.45, 7) is 1.99. The van der Waals surface area contributed by atoms with Crippen LogP contribution in [0.15, 0.2) is 46.9 Å². The molecular formula is C15H10BrN3. The topological polar surface area (TPSA) is 41.6 Å². The smallest absolute Gasteiger partial charge is 0.0992 e. The Balaban J connectivity index is 2.30. The first-order valence-electron chi connectivity index (χ1n) is 5.84. The van der Waals surface area contributed by atoms with Crippen molar-refractivity contribution in [1.82, 2.24) is 9.78 Å². The summed E-state index contributed by atoms with van der Waals surface area (Å²) in [5.41, 5.74) is 3.54. The molecule has 0 aliphatic heterocycles. The maximum absolute atomic E-state index is 8.98. The van der Waals surface area contributed by atoms with Gasteiger partial charge in [-0.2, -0.15) is 10.4 Å². The van der Waals surface area contributed by atoms with Gasteiger partial charge in [0, 0.05) is 9.86 Å². The van der Waals surface area contributed by atoms with Crippen molar-refractivity contribution in [1.29, 1.82) is 5.26 Å². The largest absolute Gasteiger partial charge is 0.233 e. The zero-order chi connectivity index (χ0) is 13.4. The lowest BCUT2D eigenvalue weighted by atomic mass is 10.2. The van der Waals surface area contributed by atoms with Gasteiger partial charge in [0.15, 0.2) is 0 Å². The molecule has 4 heteroatoms. The minimum Gasteiger partial charge on any atom is -0.233 e. The molecule has 0 N–H and O–H groups in total. The average molecular weight is 312 g/mol. The Bertz CT molecular complexity index is 812. The molecule has 0 aliphatic rings. The van der Waals surface area contributed by atoms with Gasteiger partial charge in [0.1, 0.15) is 0 Å². The molecule has 19 heavy (non-hydrogen) atoms. The SMILES string of the molecule is Cc1nn(-c2cccc(C#N)c2)c2cc(Br)ccc12. The molecule has 0 spiro atoms. The molecule has 0 amide bonds. The first kappa shape index (κ1) is 11.9. The predicted molar refractivity (Wildman–Crippen MR) is 78.2 cm³/mol. The fraction of sp³-hybridized carbons (Fsp3) is 0.0667. The first-order chi connectivity index (χ1) is 9.19. The van der Waals surface area contributed by atoms with E-state index in [1.165, 1.54) is 0 Å². The molecule has 0 saturated carbocycles. The van der Waals surface area contributed by atoms with E-state index in [2.05, 4.69) is 27.1 Å². The van der Waals surface area contributed by atoms with Crippen LogP contribution in [0.25, 0.3) is 16.6 Å². The lowest BCUT2D eigenvalue weighted by Gasteiger charge is -2.04. The number of aromatic nitrogens is 2. The van der Waals surface area contributed by atoms with Gasteiger partial charge >= 0.3 is 0 Å². The summed E-state index contributed by atoms with van der Waals surface area (Å²) in [7, 11) is 0. The van der Waals surface area contributed by atoms with Gasteiger partial charge in [0.25, 0.3) is 0 Å². The fourth-order valence-corrected chi connectivity index (χ4v) is 2.50. The number of nitriles is 1. The lowest BCUT2D eigenvalue weighted by molar-refractivity contribution is 0.888. The van der Waals surface area contributed by atoms with E-state index in [9.17, 15) is 0 Å². The third-order valence-electron chi connectivity index (χ3n) is 3.05. The quantitative estimate of drug-likeness (QED) is 0.682. The van der Waals surface area contributed by atoms with E-state index in [0.29, 0.717) is 5.56 Å². The van der Waals surface area contributed by atoms with Gasteiger partial charge < -0.3 is 0 Å². The summed E-state index contributed by atoms with van der Waals surface area (Å²) in [5.74, 6) is 0. The number of hydrogen-bond acceptors (Lipinski definition) is 2. The molecular weight excluding hydrogens is 302 g/mol. The maximum atomic E-state index is 8.98. The van der Waals surface area contributed by atoms with Crippen LogP contribution >= 0.6 is 15.9 Å². The summed E-state index contributed by atoms with van der Waals surface area (Å²) in [5, 5.41) is 14.7. The van der Waals surface area contributed by atoms with Crippen LogP contribution in [0.1, 0.15) is 11.3 Å². The number of halogens is 1. The zero-order valence-electron chi connectivity index (χ0n) is 10.3. The van der Waals surface area contributed by atoms with Crippen molar-refractivity contribution in [3.63, 3.8) is 0 Å². The molecule has 0 bridgehead atoms. The zero-order valence-corrected chi connectivity index (χ0v) is 11.8. The van der Waals surface area contributed by atoms with Crippen LogP contribution < -0.4 is 0 Å². The summed E-state index contributed by atoms with van der Waals surface area (Å²) >= 11 is 3.48. The van der Waals surface area contributed by atoms with E-state index in [1.807, 2.05) is 48.0 Å². The minimum absolute atomic E-state index is 0.633. The number of benzene rings is 2. The highest BCUT2D eigenvalue weighted by Gasteiger charge is 2.09. The van der Waals surface area contributed by atoms with Crippen LogP contribution in [-0.2, 0) is 0 Å². The third kappa shape index (κ3) is 2.02. The molecule has 1 aromatic heterocycles. The van der Waals surface area contributed by atoms with Crippen LogP contribution in [-0.4, -0.2) is 9.78 Å². The molecule has 3 aromatic rings. The van der Waals surface area contributed by atoms with Crippen molar-refractivity contribution in [2.45, 2.75) is 6.92 Å². The van der Waals surface area contributed by atoms with Crippen molar-refractivity contribution in [2.24, 2.45) is 0 Å². The van der Waals surface area contributed by atoms with Gasteiger partial charge in [-0.15, -0.1) is 0 Å². The first-order valence-corrected chi connectivity index (χ1v) is 6.64. The van der Waals surface area contributed by atoms with E-state index >= 15 is 0 Å². The molecule has 0 fully saturated rings. The Morgan fingerprint density at radius 3 is 2.84 bits per heavy atom. The van der Waals surface area contributed by atoms with E-state index in [4.69, 9.17) is 5.26 Å². The standard InChI is InChI=1S/C15H10BrN3/c1-10-14-6-5-12(16)8-15(14)19(18-10)13-4-2-3-11(7-13)9-17/h2-8H,1H3. The second-order valence-corrected chi connectivity index (χ2v) is 5.24. The van der Waals surface area contributed by atoms with Gasteiger partial charge in [-0.1, -0.05) is 22.0 Å². The molecule has 0 atom stereocenters. The van der Waals surface area contributed by atoms with E-state index < -0.39 is 0 Å². The Kier molecular flexibility index (Phi) is 2.84. The third-order valence-corrected chi connectivity index (χ3v) is 3.54. The fourth-order valence-electron chi connectivity index (χ4n) is 2.15. The van der Waals surface area contributed by atoms with Crippen LogP contribution in [0.2, 0.25) is 0 Å². The van der Waals surface area contributed by atoms with Crippen molar-refractivity contribution in [3.05, 3.63) is 58.2 Å². The van der Waals surface area contributed by atoms with Crippen LogP contribution in [0.3, 0.4) is 0 Å². The highest BCUT2D eigenvalue weighted by atomic mass is 79.9. The summed E-state index contributed by atoms with van der Waals surface area (Å²) in [6.07, 6.45) is 0. The Hall–Kier alpha value is -2.12. The predicted octanol–water partition coefficient (Wildman–Crippen LogP) is 3.97. The second kappa shape index (κ2) is 4.52. The molecule has 0 unspecified atom stereocenters. The van der Waals surface area contributed by atoms with E-state index in [0.717, 1.165) is 26.8 Å². The lowest BCUT2D eigenvalue weighted by Crippen LogP contribution is -1.96. The number of aryl methyl sites for hydroxylation is 1. The summed E-state index contributed by atoms with van der Waals surface area (Å²) in [4.78, 5) is 0. The summed E-state index contributed by atoms with van der Waals surface area (Å²) in [6, 6.07) is 15.7. The number of nitrogens with zero attached hydrogens (tertiary/aromatic N) is 3. The van der Waals surface area contributed by atoms with Crippen molar-refractivity contribution >= 4 is 26.8 Å². The minimum atomic E-state index is 0.633. The van der Waals surface area contributed by atoms with Crippen molar-refractivity contribution < 1.29 is 0 Å². The van der Waals surface area contributed by atoms with Gasteiger partial charge in [-0.3, -0.25) is 0 Å². The average Bonchev–Trinajstić information content (AvgIpc) is 2.75. The highest BCUT2D eigenvalue weighted by molar-refractivity contribution is 9.10. The van der Waals surface area contributed by atoms with Gasteiger partial charge in [-0.05, 0) is 43.3 Å². The number of rotatable bonds is 1. The molecule has 3 nitrogen and oxygen atoms in total. The summed E-state index contributed by atoms with van der Waals surface area (Å²) < 4.78 is 2.88. The van der Waals surface area contributed by atoms with Gasteiger partial charge in [-0.25, -0.2) is 4.68 Å². The van der Waals surface area contributed by atoms with Crippen LogP contribution in [0.5, 0.6) is 0 Å². The second-order valence-electron chi connectivity index (χ2n) is 4.32. The van der Waals surface area contributed by atoms with Crippen molar-refractivity contribution in [3.8, 4) is 11.8 Å². The van der Waals surface area contributed by atoms with Crippen molar-refractivity contribution in [2.75, 3.05) is 0 Å². The molecule has 0 aliphatic carbocycles.